The fourth-order valence-electron chi connectivity index (χ4n) is 4.32. The molecule has 0 radical (unpaired) electrons. The number of aryl methyl sites for hydroxylation is 2. The SMILES string of the molecule is Cc1nc2nc(N)nn2c(C)c1CCC(=O)N1CCCCC1c1nc(-c2ncccn2)no1. The largest absolute Gasteiger partial charge is 0.366 e. The molecule has 0 saturated carbocycles. The Bertz CT molecular complexity index is 1300. The van der Waals surface area contributed by atoms with Gasteiger partial charge in [-0.25, -0.2) is 15.0 Å². The number of hydrogen-bond donors (Lipinski definition) is 1. The van der Waals surface area contributed by atoms with Crippen LogP contribution in [0.4, 0.5) is 5.95 Å². The molecule has 170 valence electrons. The average molecular weight is 448 g/mol. The highest BCUT2D eigenvalue weighted by molar-refractivity contribution is 5.77. The second kappa shape index (κ2) is 8.52. The number of aromatic nitrogens is 8. The van der Waals surface area contributed by atoms with Crippen LogP contribution >= 0.6 is 0 Å². The van der Waals surface area contributed by atoms with E-state index in [0.717, 1.165) is 36.2 Å². The molecule has 0 spiro atoms. The number of nitrogens with two attached hydrogens (primary N) is 1. The van der Waals surface area contributed by atoms with Gasteiger partial charge < -0.3 is 15.2 Å². The number of amides is 1. The van der Waals surface area contributed by atoms with Gasteiger partial charge in [0, 0.05) is 36.7 Å². The van der Waals surface area contributed by atoms with Gasteiger partial charge in [0.2, 0.25) is 29.4 Å². The zero-order chi connectivity index (χ0) is 22.9. The van der Waals surface area contributed by atoms with E-state index in [2.05, 4.69) is 35.2 Å². The lowest BCUT2D eigenvalue weighted by atomic mass is 10.00. The summed E-state index contributed by atoms with van der Waals surface area (Å²) in [5.74, 6) is 1.80. The summed E-state index contributed by atoms with van der Waals surface area (Å²) < 4.78 is 7.14. The molecule has 12 heteroatoms. The predicted molar refractivity (Wildman–Crippen MR) is 117 cm³/mol. The summed E-state index contributed by atoms with van der Waals surface area (Å²) in [6.45, 7) is 4.50. The van der Waals surface area contributed by atoms with Crippen molar-refractivity contribution in [2.75, 3.05) is 12.3 Å². The Morgan fingerprint density at radius 2 is 1.97 bits per heavy atom. The van der Waals surface area contributed by atoms with Crippen LogP contribution in [0.15, 0.2) is 23.0 Å². The second-order valence-corrected chi connectivity index (χ2v) is 8.07. The maximum absolute atomic E-state index is 13.3. The number of nitrogen functional groups attached to an aromatic ring is 1. The first-order valence-electron chi connectivity index (χ1n) is 10.9. The molecule has 1 fully saturated rings. The van der Waals surface area contributed by atoms with Crippen molar-refractivity contribution in [3.63, 3.8) is 0 Å². The van der Waals surface area contributed by atoms with E-state index in [1.165, 1.54) is 0 Å². The summed E-state index contributed by atoms with van der Waals surface area (Å²) in [7, 11) is 0. The van der Waals surface area contributed by atoms with Gasteiger partial charge in [0.25, 0.3) is 5.78 Å². The molecule has 2 N–H and O–H groups in total. The fraction of sp³-hybridized carbons (Fsp3) is 0.429. The Balaban J connectivity index is 1.34. The predicted octanol–water partition coefficient (Wildman–Crippen LogP) is 1.85. The molecule has 0 aliphatic carbocycles. The summed E-state index contributed by atoms with van der Waals surface area (Å²) in [5, 5.41) is 8.22. The van der Waals surface area contributed by atoms with Gasteiger partial charge in [-0.15, -0.1) is 5.10 Å². The normalized spacial score (nSPS) is 16.4. The van der Waals surface area contributed by atoms with E-state index in [9.17, 15) is 4.79 Å². The van der Waals surface area contributed by atoms with Gasteiger partial charge in [-0.05, 0) is 51.2 Å². The molecule has 1 unspecified atom stereocenters. The minimum Gasteiger partial charge on any atom is -0.366 e. The fourth-order valence-corrected chi connectivity index (χ4v) is 4.32. The lowest BCUT2D eigenvalue weighted by molar-refractivity contribution is -0.135. The van der Waals surface area contributed by atoms with Gasteiger partial charge in [0.05, 0.1) is 0 Å². The number of carbonyl (C=O) groups is 1. The van der Waals surface area contributed by atoms with E-state index >= 15 is 0 Å². The molecular formula is C21H24N10O2. The molecule has 12 nitrogen and oxygen atoms in total. The molecule has 1 aliphatic rings. The summed E-state index contributed by atoms with van der Waals surface area (Å²) >= 11 is 0. The third kappa shape index (κ3) is 3.99. The van der Waals surface area contributed by atoms with E-state index < -0.39 is 0 Å². The van der Waals surface area contributed by atoms with Crippen molar-refractivity contribution in [2.24, 2.45) is 0 Å². The Labute approximate surface area is 189 Å². The van der Waals surface area contributed by atoms with Gasteiger partial charge in [0.15, 0.2) is 0 Å². The Hall–Kier alpha value is -3.96. The third-order valence-electron chi connectivity index (χ3n) is 5.97. The summed E-state index contributed by atoms with van der Waals surface area (Å²) in [6, 6.07) is 1.47. The lowest BCUT2D eigenvalue weighted by Gasteiger charge is -2.33. The highest BCUT2D eigenvalue weighted by Crippen LogP contribution is 2.31. The monoisotopic (exact) mass is 448 g/mol. The van der Waals surface area contributed by atoms with Gasteiger partial charge in [0.1, 0.15) is 6.04 Å². The number of carbonyl (C=O) groups excluding carboxylic acids is 1. The molecule has 1 aliphatic heterocycles. The molecule has 0 bridgehead atoms. The molecular weight excluding hydrogens is 424 g/mol. The van der Waals surface area contributed by atoms with Crippen LogP contribution in [0.3, 0.4) is 0 Å². The van der Waals surface area contributed by atoms with Crippen LogP contribution in [-0.2, 0) is 11.2 Å². The number of rotatable bonds is 5. The van der Waals surface area contributed by atoms with Gasteiger partial charge in [-0.2, -0.15) is 14.5 Å². The zero-order valence-electron chi connectivity index (χ0n) is 18.5. The van der Waals surface area contributed by atoms with Crippen LogP contribution in [0, 0.1) is 13.8 Å². The number of hydrogen-bond acceptors (Lipinski definition) is 10. The lowest BCUT2D eigenvalue weighted by Crippen LogP contribution is -2.38. The molecule has 4 aromatic heterocycles. The average Bonchev–Trinajstić information content (AvgIpc) is 3.46. The molecule has 33 heavy (non-hydrogen) atoms. The van der Waals surface area contributed by atoms with E-state index in [4.69, 9.17) is 10.3 Å². The second-order valence-electron chi connectivity index (χ2n) is 8.07. The number of likely N-dealkylation sites (tertiary alicyclic amines) is 1. The van der Waals surface area contributed by atoms with E-state index in [1.54, 1.807) is 23.0 Å². The summed E-state index contributed by atoms with van der Waals surface area (Å²) in [5.41, 5.74) is 8.39. The van der Waals surface area contributed by atoms with Gasteiger partial charge in [-0.1, -0.05) is 5.16 Å². The first-order chi connectivity index (χ1) is 16.0. The first-order valence-corrected chi connectivity index (χ1v) is 10.9. The van der Waals surface area contributed by atoms with Crippen molar-refractivity contribution >= 4 is 17.6 Å². The zero-order valence-corrected chi connectivity index (χ0v) is 18.5. The van der Waals surface area contributed by atoms with E-state index in [0.29, 0.717) is 42.7 Å². The van der Waals surface area contributed by atoms with Crippen LogP contribution in [0.25, 0.3) is 17.4 Å². The van der Waals surface area contributed by atoms with Crippen LogP contribution < -0.4 is 5.73 Å². The Morgan fingerprint density at radius 3 is 2.79 bits per heavy atom. The van der Waals surface area contributed by atoms with Crippen molar-refractivity contribution < 1.29 is 9.32 Å². The van der Waals surface area contributed by atoms with Crippen molar-refractivity contribution in [2.45, 2.75) is 52.0 Å². The summed E-state index contributed by atoms with van der Waals surface area (Å²) in [6.07, 6.45) is 6.81. The molecule has 1 atom stereocenters. The topological polar surface area (TPSA) is 154 Å². The van der Waals surface area contributed by atoms with Crippen LogP contribution in [-0.4, -0.2) is 57.0 Å². The van der Waals surface area contributed by atoms with Crippen LogP contribution in [0.1, 0.15) is 54.6 Å². The molecule has 4 aromatic rings. The molecule has 1 saturated heterocycles. The maximum atomic E-state index is 13.3. The molecule has 0 aromatic carbocycles. The highest BCUT2D eigenvalue weighted by Gasteiger charge is 2.32. The molecule has 1 amide bonds. The quantitative estimate of drug-likeness (QED) is 0.478. The minimum absolute atomic E-state index is 0.0346. The minimum atomic E-state index is -0.255. The number of fused-ring (bicyclic) bond motifs is 1. The van der Waals surface area contributed by atoms with Crippen molar-refractivity contribution in [3.05, 3.63) is 41.3 Å². The number of piperidine rings is 1. The number of anilines is 1. The van der Waals surface area contributed by atoms with Crippen LogP contribution in [0.5, 0.6) is 0 Å². The standard InChI is InChI=1S/C21H24N10O2/c1-12-14(13(2)31-21(25-12)27-20(22)28-31)7-8-16(32)30-11-4-3-6-15(30)19-26-18(29-33-19)17-23-9-5-10-24-17/h5,9-10,15H,3-4,6-8,11H2,1-2H3,(H2,22,28). The Kier molecular flexibility index (Phi) is 5.40. The highest BCUT2D eigenvalue weighted by atomic mass is 16.5. The van der Waals surface area contributed by atoms with Crippen molar-refractivity contribution in [1.82, 2.24) is 44.6 Å². The first kappa shape index (κ1) is 20.9. The van der Waals surface area contributed by atoms with Gasteiger partial charge in [-0.3, -0.25) is 4.79 Å². The van der Waals surface area contributed by atoms with E-state index in [1.807, 2.05) is 18.7 Å². The van der Waals surface area contributed by atoms with Crippen molar-refractivity contribution in [3.8, 4) is 11.6 Å². The summed E-state index contributed by atoms with van der Waals surface area (Å²) in [4.78, 5) is 36.5. The van der Waals surface area contributed by atoms with E-state index in [-0.39, 0.29) is 17.9 Å². The Morgan fingerprint density at radius 1 is 1.15 bits per heavy atom. The smallest absolute Gasteiger partial charge is 0.254 e. The maximum Gasteiger partial charge on any atom is 0.254 e. The van der Waals surface area contributed by atoms with Crippen LogP contribution in [0.2, 0.25) is 0 Å². The van der Waals surface area contributed by atoms with Crippen molar-refractivity contribution in [1.29, 1.82) is 0 Å². The molecule has 5 rings (SSSR count). The number of nitrogens with zero attached hydrogens (tertiary/aromatic N) is 9. The molecule has 5 heterocycles. The third-order valence-corrected chi connectivity index (χ3v) is 5.97. The van der Waals surface area contributed by atoms with Gasteiger partial charge >= 0.3 is 0 Å².